The largest absolute Gasteiger partial charge is 0.508 e. The van der Waals surface area contributed by atoms with Gasteiger partial charge in [0.15, 0.2) is 5.43 Å². The molecule has 0 radical (unpaired) electrons. The molecule has 146 valence electrons. The van der Waals surface area contributed by atoms with Crippen LogP contribution in [0.1, 0.15) is 10.4 Å². The van der Waals surface area contributed by atoms with E-state index >= 15 is 0 Å². The summed E-state index contributed by atoms with van der Waals surface area (Å²) in [5.74, 6) is -1.34. The van der Waals surface area contributed by atoms with Crippen molar-refractivity contribution in [2.24, 2.45) is 0 Å². The first-order valence-corrected chi connectivity index (χ1v) is 9.64. The lowest BCUT2D eigenvalue weighted by molar-refractivity contribution is 0.0697. The van der Waals surface area contributed by atoms with Crippen LogP contribution in [0.5, 0.6) is 5.75 Å². The molecule has 0 atom stereocenters. The van der Waals surface area contributed by atoms with E-state index in [9.17, 15) is 32.8 Å². The average molecular weight is 412 g/mol. The number of hydrogen-bond donors (Lipinski definition) is 3. The first-order valence-electron chi connectivity index (χ1n) is 8.20. The third-order valence-electron chi connectivity index (χ3n) is 4.47. The van der Waals surface area contributed by atoms with Crippen molar-refractivity contribution in [3.05, 3.63) is 70.4 Å². The molecule has 3 N–H and O–H groups in total. The first-order chi connectivity index (χ1) is 13.6. The second kappa shape index (κ2) is 6.43. The molecule has 0 unspecified atom stereocenters. The van der Waals surface area contributed by atoms with Crippen LogP contribution in [0, 0.1) is 0 Å². The minimum atomic E-state index is -4.61. The summed E-state index contributed by atoms with van der Waals surface area (Å²) in [6.07, 6.45) is 0. The highest BCUT2D eigenvalue weighted by Gasteiger charge is 2.23. The van der Waals surface area contributed by atoms with Crippen molar-refractivity contribution in [3.8, 4) is 28.2 Å². The van der Waals surface area contributed by atoms with Crippen LogP contribution in [0.3, 0.4) is 0 Å². The Balaban J connectivity index is 2.18. The lowest BCUT2D eigenvalue weighted by atomic mass is 9.91. The van der Waals surface area contributed by atoms with E-state index in [-0.39, 0.29) is 33.6 Å². The van der Waals surface area contributed by atoms with Crippen LogP contribution in [0.15, 0.2) is 68.7 Å². The van der Waals surface area contributed by atoms with Crippen molar-refractivity contribution in [2.45, 2.75) is 4.90 Å². The van der Waals surface area contributed by atoms with Gasteiger partial charge in [0.25, 0.3) is 10.1 Å². The molecule has 0 aromatic heterocycles. The Kier molecular flexibility index (Phi) is 4.14. The van der Waals surface area contributed by atoms with Gasteiger partial charge in [-0.05, 0) is 42.0 Å². The van der Waals surface area contributed by atoms with Crippen LogP contribution >= 0.6 is 0 Å². The average Bonchev–Trinajstić information content (AvgIpc) is 2.64. The van der Waals surface area contributed by atoms with Crippen LogP contribution in [-0.4, -0.2) is 29.2 Å². The van der Waals surface area contributed by atoms with E-state index in [1.54, 1.807) is 0 Å². The Bertz CT molecular complexity index is 1430. The summed E-state index contributed by atoms with van der Waals surface area (Å²) in [6, 6.07) is 11.4. The molecule has 2 aromatic rings. The van der Waals surface area contributed by atoms with E-state index in [2.05, 4.69) is 0 Å². The Morgan fingerprint density at radius 2 is 1.66 bits per heavy atom. The normalized spacial score (nSPS) is 11.8. The number of carbonyl (C=O) groups is 1. The third-order valence-corrected chi connectivity index (χ3v) is 5.32. The van der Waals surface area contributed by atoms with Gasteiger partial charge >= 0.3 is 5.97 Å². The second-order valence-corrected chi connectivity index (χ2v) is 7.72. The highest BCUT2D eigenvalue weighted by Crippen LogP contribution is 2.42. The number of hydrogen-bond acceptors (Lipinski definition) is 6. The summed E-state index contributed by atoms with van der Waals surface area (Å²) in [6.45, 7) is 0. The van der Waals surface area contributed by atoms with E-state index in [0.29, 0.717) is 16.5 Å². The molecule has 0 spiro atoms. The van der Waals surface area contributed by atoms with Crippen LogP contribution in [0.25, 0.3) is 33.4 Å². The fourth-order valence-electron chi connectivity index (χ4n) is 3.23. The molecule has 1 heterocycles. The van der Waals surface area contributed by atoms with Crippen molar-refractivity contribution in [3.63, 3.8) is 0 Å². The molecule has 0 saturated heterocycles. The number of fused-ring (bicyclic) bond motifs is 2. The van der Waals surface area contributed by atoms with Gasteiger partial charge in [0, 0.05) is 28.6 Å². The molecule has 29 heavy (non-hydrogen) atoms. The highest BCUT2D eigenvalue weighted by molar-refractivity contribution is 7.85. The van der Waals surface area contributed by atoms with Gasteiger partial charge in [-0.1, -0.05) is 6.07 Å². The number of aromatic hydroxyl groups is 1. The molecular weight excluding hydrogens is 400 g/mol. The molecule has 0 fully saturated rings. The predicted octanol–water partition coefficient (Wildman–Crippen LogP) is 3.22. The number of phenols is 1. The molecule has 1 aliphatic heterocycles. The molecule has 9 heteroatoms. The minimum Gasteiger partial charge on any atom is -0.508 e. The number of phenolic OH excluding ortho intramolecular Hbond substituents is 1. The Morgan fingerprint density at radius 1 is 0.931 bits per heavy atom. The lowest BCUT2D eigenvalue weighted by Crippen LogP contribution is -2.06. The van der Waals surface area contributed by atoms with Gasteiger partial charge < -0.3 is 14.6 Å². The van der Waals surface area contributed by atoms with E-state index in [1.165, 1.54) is 42.5 Å². The molecular formula is C20H12O8S. The van der Waals surface area contributed by atoms with Crippen molar-refractivity contribution in [1.82, 2.24) is 0 Å². The highest BCUT2D eigenvalue weighted by atomic mass is 32.2. The van der Waals surface area contributed by atoms with Gasteiger partial charge in [0.1, 0.15) is 17.1 Å². The smallest absolute Gasteiger partial charge is 0.336 e. The van der Waals surface area contributed by atoms with Crippen LogP contribution in [0.4, 0.5) is 0 Å². The number of aromatic carboxylic acids is 1. The van der Waals surface area contributed by atoms with Gasteiger partial charge in [0.05, 0.1) is 10.5 Å². The number of rotatable bonds is 3. The Hall–Kier alpha value is -3.69. The van der Waals surface area contributed by atoms with Crippen LogP contribution in [0.2, 0.25) is 0 Å². The van der Waals surface area contributed by atoms with Crippen LogP contribution in [-0.2, 0) is 10.1 Å². The fourth-order valence-corrected chi connectivity index (χ4v) is 3.73. The van der Waals surface area contributed by atoms with Gasteiger partial charge in [-0.3, -0.25) is 9.35 Å². The zero-order chi connectivity index (χ0) is 20.9. The van der Waals surface area contributed by atoms with Crippen molar-refractivity contribution < 1.29 is 32.4 Å². The van der Waals surface area contributed by atoms with Crippen LogP contribution < -0.4 is 5.43 Å². The Morgan fingerprint density at radius 3 is 2.34 bits per heavy atom. The zero-order valence-corrected chi connectivity index (χ0v) is 15.3. The molecule has 0 amide bonds. The number of carboxylic acids is 1. The molecule has 8 nitrogen and oxygen atoms in total. The fraction of sp³-hybridized carbons (Fsp3) is 0. The molecule has 1 aliphatic carbocycles. The van der Waals surface area contributed by atoms with Gasteiger partial charge in [-0.15, -0.1) is 0 Å². The van der Waals surface area contributed by atoms with E-state index in [1.807, 2.05) is 0 Å². The van der Waals surface area contributed by atoms with E-state index in [4.69, 9.17) is 4.42 Å². The van der Waals surface area contributed by atoms with Crippen molar-refractivity contribution in [2.75, 3.05) is 0 Å². The monoisotopic (exact) mass is 412 g/mol. The third kappa shape index (κ3) is 3.22. The minimum absolute atomic E-state index is 0.0926. The second-order valence-electron chi connectivity index (χ2n) is 6.30. The summed E-state index contributed by atoms with van der Waals surface area (Å²) in [5.41, 5.74) is 0.457. The number of benzene rings is 3. The molecule has 2 aliphatic rings. The molecule has 0 bridgehead atoms. The first kappa shape index (κ1) is 18.7. The standard InChI is InChI=1S/C20H12O8S/c21-10-1-4-14-17(7-10)28-18-8-11(22)2-5-15(18)19(14)13-6-3-12(29(25,26)27)9-16(13)20(23)24/h1-9,21H,(H,23,24)(H,25,26,27). The van der Waals surface area contributed by atoms with Gasteiger partial charge in [-0.2, -0.15) is 8.42 Å². The summed E-state index contributed by atoms with van der Waals surface area (Å²) in [5, 5.41) is 19.9. The predicted molar refractivity (Wildman–Crippen MR) is 103 cm³/mol. The lowest BCUT2D eigenvalue weighted by Gasteiger charge is -2.17. The summed E-state index contributed by atoms with van der Waals surface area (Å²) in [4.78, 5) is 23.1. The molecule has 4 rings (SSSR count). The summed E-state index contributed by atoms with van der Waals surface area (Å²) in [7, 11) is -4.61. The maximum Gasteiger partial charge on any atom is 0.336 e. The van der Waals surface area contributed by atoms with E-state index < -0.39 is 21.0 Å². The zero-order valence-electron chi connectivity index (χ0n) is 14.5. The molecule has 0 saturated carbocycles. The maximum atomic E-state index is 11.9. The topological polar surface area (TPSA) is 142 Å². The number of carboxylic acid groups (broad SMARTS) is 1. The summed E-state index contributed by atoms with van der Waals surface area (Å²) >= 11 is 0. The quantitative estimate of drug-likeness (QED) is 0.344. The van der Waals surface area contributed by atoms with Gasteiger partial charge in [0.2, 0.25) is 0 Å². The molecule has 2 aromatic carbocycles. The van der Waals surface area contributed by atoms with Crippen molar-refractivity contribution >= 4 is 27.1 Å². The summed E-state index contributed by atoms with van der Waals surface area (Å²) < 4.78 is 37.8. The van der Waals surface area contributed by atoms with Crippen molar-refractivity contribution in [1.29, 1.82) is 0 Å². The SMILES string of the molecule is O=C(O)c1cc(S(=O)(=O)O)ccc1-c1c2ccc(=O)cc-2oc2cc(O)ccc12. The maximum absolute atomic E-state index is 11.9. The van der Waals surface area contributed by atoms with E-state index in [0.717, 1.165) is 12.1 Å². The van der Waals surface area contributed by atoms with Gasteiger partial charge in [-0.25, -0.2) is 4.79 Å². The Labute approximate surface area is 163 Å².